The third kappa shape index (κ3) is 7.68. The monoisotopic (exact) mass is 626 g/mol. The van der Waals surface area contributed by atoms with E-state index in [4.69, 9.17) is 4.52 Å². The van der Waals surface area contributed by atoms with E-state index >= 15 is 0 Å². The second kappa shape index (κ2) is 14.3. The van der Waals surface area contributed by atoms with Crippen molar-refractivity contribution in [2.24, 2.45) is 45.3 Å². The van der Waals surface area contributed by atoms with Crippen molar-refractivity contribution in [3.05, 3.63) is 46.6 Å². The Balaban J connectivity index is 0.000000198. The van der Waals surface area contributed by atoms with Crippen LogP contribution in [0.1, 0.15) is 152 Å². The summed E-state index contributed by atoms with van der Waals surface area (Å²) in [4.78, 5) is 0. The summed E-state index contributed by atoms with van der Waals surface area (Å²) in [5, 5.41) is 0. The summed E-state index contributed by atoms with van der Waals surface area (Å²) in [7, 11) is 3.14. The molecule has 0 aromatic heterocycles. The maximum atomic E-state index is 5.45. The predicted molar refractivity (Wildman–Crippen MR) is 196 cm³/mol. The van der Waals surface area contributed by atoms with Gasteiger partial charge in [-0.25, -0.2) is 0 Å². The second-order valence-corrected chi connectivity index (χ2v) is 18.6. The first kappa shape index (κ1) is 35.6. The highest BCUT2D eigenvalue weighted by molar-refractivity contribution is 8.00. The number of rotatable bonds is 7. The van der Waals surface area contributed by atoms with E-state index in [1.54, 1.807) is 5.57 Å². The smallest absolute Gasteiger partial charge is 0.0693 e. The Kier molecular flexibility index (Phi) is 11.8. The molecule has 7 unspecified atom stereocenters. The van der Waals surface area contributed by atoms with Crippen LogP contribution < -0.4 is 0 Å². The summed E-state index contributed by atoms with van der Waals surface area (Å²) in [5.41, 5.74) is 10.4. The minimum Gasteiger partial charge on any atom is -0.354 e. The fourth-order valence-electron chi connectivity index (χ4n) is 11.1. The van der Waals surface area contributed by atoms with Crippen molar-refractivity contribution in [2.45, 2.75) is 152 Å². The van der Waals surface area contributed by atoms with Gasteiger partial charge in [0.15, 0.2) is 0 Å². The van der Waals surface area contributed by atoms with E-state index in [2.05, 4.69) is 90.0 Å². The van der Waals surface area contributed by atoms with Gasteiger partial charge in [0.1, 0.15) is 0 Å². The van der Waals surface area contributed by atoms with Crippen LogP contribution in [0.3, 0.4) is 0 Å². The van der Waals surface area contributed by atoms with E-state index in [-0.39, 0.29) is 0 Å². The van der Waals surface area contributed by atoms with Crippen LogP contribution >= 0.6 is 17.4 Å². The van der Waals surface area contributed by atoms with Crippen molar-refractivity contribution < 1.29 is 4.52 Å². The summed E-state index contributed by atoms with van der Waals surface area (Å²) < 4.78 is 5.45. The molecule has 0 aromatic carbocycles. The van der Waals surface area contributed by atoms with Crippen LogP contribution in [0.25, 0.3) is 0 Å². The lowest BCUT2D eigenvalue weighted by Gasteiger charge is -2.58. The van der Waals surface area contributed by atoms with Gasteiger partial charge in [0.05, 0.1) is 6.61 Å². The minimum absolute atomic E-state index is 0.468. The van der Waals surface area contributed by atoms with Crippen molar-refractivity contribution in [3.63, 3.8) is 0 Å². The van der Waals surface area contributed by atoms with Gasteiger partial charge in [-0.2, -0.15) is 0 Å². The molecule has 0 amide bonds. The fraction of sp³-hybridized carbons (Fsp3) is 0.800. The molecule has 3 fully saturated rings. The van der Waals surface area contributed by atoms with Gasteiger partial charge >= 0.3 is 0 Å². The third-order valence-corrected chi connectivity index (χ3v) is 14.4. The molecule has 0 spiro atoms. The molecular weight excluding hydrogens is 558 g/mol. The highest BCUT2D eigenvalue weighted by Gasteiger charge is 2.53. The molecule has 5 aliphatic rings. The summed E-state index contributed by atoms with van der Waals surface area (Å²) in [5.74, 6) is 3.22. The molecule has 0 N–H and O–H groups in total. The molecule has 0 bridgehead atoms. The lowest BCUT2D eigenvalue weighted by atomic mass is 9.47. The molecule has 0 heterocycles. The van der Waals surface area contributed by atoms with Crippen LogP contribution in [-0.4, -0.2) is 6.61 Å². The van der Waals surface area contributed by atoms with E-state index < -0.39 is 0 Å². The largest absolute Gasteiger partial charge is 0.354 e. The molecule has 3 saturated carbocycles. The Hall–Kier alpha value is -0.220. The maximum absolute atomic E-state index is 5.45. The van der Waals surface area contributed by atoms with Crippen LogP contribution in [0.4, 0.5) is 0 Å². The average Bonchev–Trinajstić information content (AvgIpc) is 2.92. The molecule has 5 rings (SSSR count). The van der Waals surface area contributed by atoms with E-state index in [0.717, 1.165) is 24.4 Å². The van der Waals surface area contributed by atoms with E-state index in [9.17, 15) is 0 Å². The zero-order valence-corrected chi connectivity index (χ0v) is 31.9. The Bertz CT molecular complexity index is 1090. The van der Waals surface area contributed by atoms with Crippen LogP contribution in [0.15, 0.2) is 46.6 Å². The van der Waals surface area contributed by atoms with E-state index in [0.29, 0.717) is 36.1 Å². The Morgan fingerprint density at radius 3 is 2.33 bits per heavy atom. The van der Waals surface area contributed by atoms with Gasteiger partial charge in [-0.05, 0) is 129 Å². The number of allylic oxidation sites excluding steroid dienone is 6. The summed E-state index contributed by atoms with van der Waals surface area (Å²) in [6.45, 7) is 27.4. The fourth-order valence-corrected chi connectivity index (χ4v) is 11.6. The molecule has 7 atom stereocenters. The maximum Gasteiger partial charge on any atom is 0.0693 e. The standard InChI is InChI=1S/C20H36OP2.C20H32/c1-15(11-14-21-23-22)7-9-17-16(2)8-10-18-19(3,4)12-6-13-20(17,18)5;1-14(2)15-7-9-17-16(13-15)8-10-18-19(3,4)11-6-12-20(17,18)5/h11,17-18,23H,2,6-10,12-14,22H2,1,3-5H3;7,14,18H,6,8-13H2,1-5H3/b15-11-;. The Morgan fingerprint density at radius 1 is 1.00 bits per heavy atom. The van der Waals surface area contributed by atoms with Gasteiger partial charge in [-0.1, -0.05) is 124 Å². The predicted octanol–water partition coefficient (Wildman–Crippen LogP) is 13.2. The van der Waals surface area contributed by atoms with Gasteiger partial charge in [-0.15, -0.1) is 0 Å². The SMILES string of the molecule is C=C1CCC2C(C)(C)CCCC2(C)C1CC/C(C)=C\COPP.CC(C)C1=CCC2=C(CCC3C(C)(C)CCCC23C)C1. The number of hydrogen-bond donors (Lipinski definition) is 0. The summed E-state index contributed by atoms with van der Waals surface area (Å²) in [6, 6.07) is 0. The highest BCUT2D eigenvalue weighted by Crippen LogP contribution is 2.63. The summed E-state index contributed by atoms with van der Waals surface area (Å²) >= 11 is 0. The Morgan fingerprint density at radius 2 is 1.65 bits per heavy atom. The quantitative estimate of drug-likeness (QED) is 0.155. The van der Waals surface area contributed by atoms with Gasteiger partial charge in [0, 0.05) is 8.50 Å². The first-order valence-corrected chi connectivity index (χ1v) is 20.7. The molecule has 244 valence electrons. The molecule has 5 aliphatic carbocycles. The molecule has 1 nitrogen and oxygen atoms in total. The van der Waals surface area contributed by atoms with Crippen molar-refractivity contribution in [1.29, 1.82) is 0 Å². The average molecular weight is 627 g/mol. The zero-order chi connectivity index (χ0) is 31.6. The highest BCUT2D eigenvalue weighted by atomic mass is 32.0. The van der Waals surface area contributed by atoms with Crippen molar-refractivity contribution in [3.8, 4) is 0 Å². The normalized spacial score (nSPS) is 35.6. The minimum atomic E-state index is 0.468. The van der Waals surface area contributed by atoms with E-state index in [1.165, 1.54) is 101 Å². The van der Waals surface area contributed by atoms with Gasteiger partial charge in [-0.3, -0.25) is 0 Å². The topological polar surface area (TPSA) is 9.23 Å². The summed E-state index contributed by atoms with van der Waals surface area (Å²) in [6.07, 6.45) is 23.7. The van der Waals surface area contributed by atoms with Crippen LogP contribution in [0, 0.1) is 45.3 Å². The van der Waals surface area contributed by atoms with E-state index in [1.807, 2.05) is 11.1 Å². The first-order chi connectivity index (χ1) is 20.2. The molecular formula is C40H68OP2. The first-order valence-electron chi connectivity index (χ1n) is 18.0. The molecule has 0 saturated heterocycles. The number of hydrogen-bond acceptors (Lipinski definition) is 1. The lowest BCUT2D eigenvalue weighted by molar-refractivity contribution is -0.0539. The molecule has 43 heavy (non-hydrogen) atoms. The molecule has 3 heteroatoms. The van der Waals surface area contributed by atoms with Crippen molar-refractivity contribution in [2.75, 3.05) is 6.61 Å². The van der Waals surface area contributed by atoms with Crippen molar-refractivity contribution in [1.82, 2.24) is 0 Å². The van der Waals surface area contributed by atoms with Crippen LogP contribution in [0.5, 0.6) is 0 Å². The molecule has 0 aliphatic heterocycles. The van der Waals surface area contributed by atoms with Crippen LogP contribution in [0.2, 0.25) is 0 Å². The van der Waals surface area contributed by atoms with Gasteiger partial charge < -0.3 is 4.52 Å². The third-order valence-electron chi connectivity index (χ3n) is 13.6. The molecule has 0 radical (unpaired) electrons. The second-order valence-electron chi connectivity index (χ2n) is 17.4. The number of fused-ring (bicyclic) bond motifs is 3. The lowest BCUT2D eigenvalue weighted by Crippen LogP contribution is -2.49. The Labute approximate surface area is 272 Å². The van der Waals surface area contributed by atoms with Gasteiger partial charge in [0.2, 0.25) is 0 Å². The molecule has 0 aromatic rings. The van der Waals surface area contributed by atoms with Crippen molar-refractivity contribution >= 4 is 17.4 Å². The van der Waals surface area contributed by atoms with Gasteiger partial charge in [0.25, 0.3) is 0 Å². The zero-order valence-electron chi connectivity index (χ0n) is 29.8. The van der Waals surface area contributed by atoms with Crippen LogP contribution in [-0.2, 0) is 4.52 Å².